The van der Waals surface area contributed by atoms with E-state index in [0.717, 1.165) is 33.0 Å². The maximum absolute atomic E-state index is 5.75. The summed E-state index contributed by atoms with van der Waals surface area (Å²) in [5, 5.41) is 3.38. The first-order chi connectivity index (χ1) is 10.7. The summed E-state index contributed by atoms with van der Waals surface area (Å²) < 4.78 is 17.3. The molecule has 2 aromatic carbocycles. The molecule has 0 aliphatic heterocycles. The van der Waals surface area contributed by atoms with E-state index in [2.05, 4.69) is 21.2 Å². The first-order valence-electron chi connectivity index (χ1n) is 7.05. The van der Waals surface area contributed by atoms with Crippen LogP contribution in [0.5, 0.6) is 17.2 Å². The van der Waals surface area contributed by atoms with Crippen molar-refractivity contribution in [3.05, 3.63) is 46.4 Å². The van der Waals surface area contributed by atoms with Crippen molar-refractivity contribution >= 4 is 21.6 Å². The lowest BCUT2D eigenvalue weighted by Gasteiger charge is -2.16. The highest BCUT2D eigenvalue weighted by atomic mass is 79.9. The van der Waals surface area contributed by atoms with Gasteiger partial charge in [-0.25, -0.2) is 0 Å². The number of halogens is 1. The van der Waals surface area contributed by atoms with Crippen molar-refractivity contribution in [2.24, 2.45) is 0 Å². The molecular formula is C17H20BrNO3. The van der Waals surface area contributed by atoms with Crippen LogP contribution < -0.4 is 19.5 Å². The largest absolute Gasteiger partial charge is 0.497 e. The summed E-state index contributed by atoms with van der Waals surface area (Å²) in [6.07, 6.45) is 0. The third-order valence-electron chi connectivity index (χ3n) is 3.24. The molecule has 0 bridgehead atoms. The zero-order chi connectivity index (χ0) is 15.9. The molecule has 0 fully saturated rings. The molecule has 0 radical (unpaired) electrons. The smallest absolute Gasteiger partial charge is 0.167 e. The molecule has 0 unspecified atom stereocenters. The maximum Gasteiger partial charge on any atom is 0.167 e. The first kappa shape index (κ1) is 16.5. The average molecular weight is 366 g/mol. The van der Waals surface area contributed by atoms with E-state index in [4.69, 9.17) is 14.2 Å². The van der Waals surface area contributed by atoms with E-state index in [9.17, 15) is 0 Å². The third-order valence-corrected chi connectivity index (χ3v) is 3.98. The van der Waals surface area contributed by atoms with E-state index in [1.807, 2.05) is 43.3 Å². The predicted octanol–water partition coefficient (Wildman–Crippen LogP) is 4.48. The van der Waals surface area contributed by atoms with Gasteiger partial charge in [-0.3, -0.25) is 0 Å². The fraction of sp³-hybridized carbons (Fsp3) is 0.294. The Morgan fingerprint density at radius 1 is 1.00 bits per heavy atom. The number of methoxy groups -OCH3 is 2. The molecular weight excluding hydrogens is 346 g/mol. The quantitative estimate of drug-likeness (QED) is 0.785. The molecule has 0 saturated carbocycles. The summed E-state index contributed by atoms with van der Waals surface area (Å²) in [4.78, 5) is 0. The van der Waals surface area contributed by atoms with Crippen LogP contribution in [0.15, 0.2) is 40.9 Å². The van der Waals surface area contributed by atoms with Crippen molar-refractivity contribution in [3.8, 4) is 17.2 Å². The Balaban J connectivity index is 2.20. The van der Waals surface area contributed by atoms with Gasteiger partial charge in [0.1, 0.15) is 5.75 Å². The molecule has 0 aliphatic rings. The van der Waals surface area contributed by atoms with Crippen molar-refractivity contribution < 1.29 is 14.2 Å². The molecule has 5 heteroatoms. The minimum absolute atomic E-state index is 0.586. The van der Waals surface area contributed by atoms with Gasteiger partial charge in [0.2, 0.25) is 0 Å². The maximum atomic E-state index is 5.75. The Hall–Kier alpha value is -1.88. The second-order valence-corrected chi connectivity index (χ2v) is 5.43. The van der Waals surface area contributed by atoms with Crippen LogP contribution in [0.25, 0.3) is 0 Å². The molecule has 0 aromatic heterocycles. The Morgan fingerprint density at radius 3 is 2.32 bits per heavy atom. The lowest BCUT2D eigenvalue weighted by molar-refractivity contribution is 0.307. The Kier molecular flexibility index (Phi) is 5.95. The van der Waals surface area contributed by atoms with Gasteiger partial charge in [0.05, 0.1) is 20.8 Å². The molecule has 2 aromatic rings. The standard InChI is InChI=1S/C17H20BrNO3/c1-4-22-17-14(15(18)9-10-16(17)21-3)11-19-12-5-7-13(20-2)8-6-12/h5-10,19H,4,11H2,1-3H3. The molecule has 4 nitrogen and oxygen atoms in total. The Bertz CT molecular complexity index is 614. The number of benzene rings is 2. The monoisotopic (exact) mass is 365 g/mol. The lowest BCUT2D eigenvalue weighted by atomic mass is 10.1. The predicted molar refractivity (Wildman–Crippen MR) is 92.2 cm³/mol. The summed E-state index contributed by atoms with van der Waals surface area (Å²) in [5.41, 5.74) is 2.04. The second-order valence-electron chi connectivity index (χ2n) is 4.57. The molecule has 118 valence electrons. The summed E-state index contributed by atoms with van der Waals surface area (Å²) in [7, 11) is 3.30. The summed E-state index contributed by atoms with van der Waals surface area (Å²) in [6.45, 7) is 3.17. The van der Waals surface area contributed by atoms with Gasteiger partial charge in [0, 0.05) is 22.3 Å². The molecule has 0 saturated heterocycles. The van der Waals surface area contributed by atoms with Crippen molar-refractivity contribution in [1.82, 2.24) is 0 Å². The highest BCUT2D eigenvalue weighted by molar-refractivity contribution is 9.10. The van der Waals surface area contributed by atoms with Gasteiger partial charge in [-0.05, 0) is 43.3 Å². The number of anilines is 1. The summed E-state index contributed by atoms with van der Waals surface area (Å²) in [5.74, 6) is 2.33. The van der Waals surface area contributed by atoms with E-state index in [1.54, 1.807) is 14.2 Å². The number of ether oxygens (including phenoxy) is 3. The Labute approximate surface area is 139 Å². The third kappa shape index (κ3) is 3.85. The van der Waals surface area contributed by atoms with Gasteiger partial charge in [0.15, 0.2) is 11.5 Å². The average Bonchev–Trinajstić information content (AvgIpc) is 2.55. The molecule has 0 spiro atoms. The van der Waals surface area contributed by atoms with Crippen molar-refractivity contribution in [3.63, 3.8) is 0 Å². The molecule has 1 N–H and O–H groups in total. The fourth-order valence-corrected chi connectivity index (χ4v) is 2.56. The number of hydrogen-bond donors (Lipinski definition) is 1. The van der Waals surface area contributed by atoms with Crippen LogP contribution in [0.4, 0.5) is 5.69 Å². The highest BCUT2D eigenvalue weighted by Gasteiger charge is 2.14. The second kappa shape index (κ2) is 7.94. The number of hydrogen-bond acceptors (Lipinski definition) is 4. The van der Waals surface area contributed by atoms with Gasteiger partial charge in [-0.1, -0.05) is 15.9 Å². The van der Waals surface area contributed by atoms with Gasteiger partial charge in [-0.15, -0.1) is 0 Å². The molecule has 0 aliphatic carbocycles. The van der Waals surface area contributed by atoms with Crippen LogP contribution in [-0.2, 0) is 6.54 Å². The van der Waals surface area contributed by atoms with E-state index < -0.39 is 0 Å². The molecule has 2 rings (SSSR count). The molecule has 22 heavy (non-hydrogen) atoms. The van der Waals surface area contributed by atoms with Gasteiger partial charge in [0.25, 0.3) is 0 Å². The van der Waals surface area contributed by atoms with Crippen LogP contribution in [0.3, 0.4) is 0 Å². The van der Waals surface area contributed by atoms with Gasteiger partial charge < -0.3 is 19.5 Å². The number of nitrogens with one attached hydrogen (secondary N) is 1. The minimum Gasteiger partial charge on any atom is -0.497 e. The van der Waals surface area contributed by atoms with Crippen LogP contribution in [0.2, 0.25) is 0 Å². The van der Waals surface area contributed by atoms with E-state index in [0.29, 0.717) is 13.2 Å². The zero-order valence-corrected chi connectivity index (χ0v) is 14.6. The molecule has 0 amide bonds. The van der Waals surface area contributed by atoms with Gasteiger partial charge >= 0.3 is 0 Å². The summed E-state index contributed by atoms with van der Waals surface area (Å²) in [6, 6.07) is 11.7. The van der Waals surface area contributed by atoms with Crippen LogP contribution in [-0.4, -0.2) is 20.8 Å². The van der Waals surface area contributed by atoms with Gasteiger partial charge in [-0.2, -0.15) is 0 Å². The lowest BCUT2D eigenvalue weighted by Crippen LogP contribution is -2.05. The highest BCUT2D eigenvalue weighted by Crippen LogP contribution is 2.36. The molecule has 0 atom stereocenters. The van der Waals surface area contributed by atoms with Crippen molar-refractivity contribution in [1.29, 1.82) is 0 Å². The number of rotatable bonds is 7. The SMILES string of the molecule is CCOc1c(OC)ccc(Br)c1CNc1ccc(OC)cc1. The summed E-state index contributed by atoms with van der Waals surface area (Å²) >= 11 is 3.58. The van der Waals surface area contributed by atoms with E-state index in [-0.39, 0.29) is 0 Å². The zero-order valence-electron chi connectivity index (χ0n) is 13.0. The van der Waals surface area contributed by atoms with Crippen LogP contribution in [0, 0.1) is 0 Å². The first-order valence-corrected chi connectivity index (χ1v) is 7.85. The van der Waals surface area contributed by atoms with Crippen LogP contribution in [0.1, 0.15) is 12.5 Å². The van der Waals surface area contributed by atoms with Crippen LogP contribution >= 0.6 is 15.9 Å². The normalized spacial score (nSPS) is 10.2. The van der Waals surface area contributed by atoms with E-state index >= 15 is 0 Å². The Morgan fingerprint density at radius 2 is 1.73 bits per heavy atom. The van der Waals surface area contributed by atoms with Crippen molar-refractivity contribution in [2.45, 2.75) is 13.5 Å². The minimum atomic E-state index is 0.586. The molecule has 0 heterocycles. The van der Waals surface area contributed by atoms with Crippen molar-refractivity contribution in [2.75, 3.05) is 26.1 Å². The fourth-order valence-electron chi connectivity index (χ4n) is 2.11. The topological polar surface area (TPSA) is 39.7 Å². The van der Waals surface area contributed by atoms with E-state index in [1.165, 1.54) is 0 Å².